The monoisotopic (exact) mass is 334 g/mol. The summed E-state index contributed by atoms with van der Waals surface area (Å²) in [5.74, 6) is 0.518. The van der Waals surface area contributed by atoms with Gasteiger partial charge in [-0.05, 0) is 43.0 Å². The minimum atomic E-state index is -0.0641. The van der Waals surface area contributed by atoms with Crippen molar-refractivity contribution in [2.45, 2.75) is 37.8 Å². The average molecular weight is 334 g/mol. The van der Waals surface area contributed by atoms with Crippen LogP contribution in [0.4, 0.5) is 0 Å². The summed E-state index contributed by atoms with van der Waals surface area (Å²) < 4.78 is 5.64. The van der Waals surface area contributed by atoms with Crippen molar-refractivity contribution in [3.05, 3.63) is 38.5 Å². The Bertz CT molecular complexity index is 643. The zero-order chi connectivity index (χ0) is 14.9. The fraction of sp³-hybridized carbons (Fsp3) is 0.500. The van der Waals surface area contributed by atoms with Gasteiger partial charge in [-0.2, -0.15) is 0 Å². The van der Waals surface area contributed by atoms with Crippen LogP contribution in [0.5, 0.6) is 0 Å². The molecule has 2 aliphatic rings. The van der Waals surface area contributed by atoms with E-state index in [4.69, 9.17) is 4.74 Å². The number of nitrogens with zero attached hydrogens (tertiary/aromatic N) is 1. The van der Waals surface area contributed by atoms with Gasteiger partial charge in [-0.1, -0.05) is 6.07 Å². The molecule has 116 valence electrons. The standard InChI is InChI=1S/C16H18N2O2S2/c19-15(11-9-22-16(17-11)12-3-1-7-20-12)18-14(10-5-6-10)13-4-2-8-21-13/h2,4,8-10,12,14H,1,3,5-7H2,(H,18,19). The topological polar surface area (TPSA) is 51.2 Å². The van der Waals surface area contributed by atoms with E-state index in [1.54, 1.807) is 11.3 Å². The van der Waals surface area contributed by atoms with Crippen LogP contribution >= 0.6 is 22.7 Å². The summed E-state index contributed by atoms with van der Waals surface area (Å²) >= 11 is 3.24. The third-order valence-electron chi connectivity index (χ3n) is 4.19. The summed E-state index contributed by atoms with van der Waals surface area (Å²) in [5, 5.41) is 8.03. The first-order chi connectivity index (χ1) is 10.8. The van der Waals surface area contributed by atoms with Crippen molar-refractivity contribution in [3.8, 4) is 0 Å². The molecule has 2 atom stereocenters. The summed E-state index contributed by atoms with van der Waals surface area (Å²) in [7, 11) is 0. The Morgan fingerprint density at radius 2 is 2.27 bits per heavy atom. The highest BCUT2D eigenvalue weighted by Crippen LogP contribution is 2.42. The van der Waals surface area contributed by atoms with Crippen LogP contribution in [-0.4, -0.2) is 17.5 Å². The van der Waals surface area contributed by atoms with Crippen LogP contribution in [0.15, 0.2) is 22.9 Å². The SMILES string of the molecule is O=C(NC(c1cccs1)C1CC1)c1csc(C2CCCO2)n1. The van der Waals surface area contributed by atoms with E-state index in [1.807, 2.05) is 11.4 Å². The lowest BCUT2D eigenvalue weighted by molar-refractivity contribution is 0.0925. The fourth-order valence-electron chi connectivity index (χ4n) is 2.85. The third-order valence-corrected chi connectivity index (χ3v) is 6.08. The molecule has 1 amide bonds. The highest BCUT2D eigenvalue weighted by atomic mass is 32.1. The maximum absolute atomic E-state index is 12.5. The Kier molecular flexibility index (Phi) is 3.98. The maximum Gasteiger partial charge on any atom is 0.271 e. The lowest BCUT2D eigenvalue weighted by atomic mass is 10.1. The maximum atomic E-state index is 12.5. The quantitative estimate of drug-likeness (QED) is 0.901. The van der Waals surface area contributed by atoms with Crippen LogP contribution in [0.25, 0.3) is 0 Å². The molecule has 3 heterocycles. The average Bonchev–Trinajstić information content (AvgIpc) is 3.00. The Labute approximate surface area is 137 Å². The van der Waals surface area contributed by atoms with E-state index in [1.165, 1.54) is 29.1 Å². The third kappa shape index (κ3) is 2.95. The summed E-state index contributed by atoms with van der Waals surface area (Å²) in [6.45, 7) is 0.800. The van der Waals surface area contributed by atoms with Crippen LogP contribution < -0.4 is 5.32 Å². The smallest absolute Gasteiger partial charge is 0.271 e. The first-order valence-electron chi connectivity index (χ1n) is 7.72. The molecule has 4 nitrogen and oxygen atoms in total. The first kappa shape index (κ1) is 14.4. The van der Waals surface area contributed by atoms with Gasteiger partial charge in [-0.25, -0.2) is 4.98 Å². The number of carbonyl (C=O) groups is 1. The minimum absolute atomic E-state index is 0.0641. The molecule has 1 aliphatic heterocycles. The van der Waals surface area contributed by atoms with E-state index in [0.29, 0.717) is 11.6 Å². The molecule has 1 N–H and O–H groups in total. The van der Waals surface area contributed by atoms with Crippen molar-refractivity contribution in [2.75, 3.05) is 6.61 Å². The highest BCUT2D eigenvalue weighted by Gasteiger charge is 2.34. The number of hydrogen-bond acceptors (Lipinski definition) is 5. The number of carbonyl (C=O) groups excluding carboxylic acids is 1. The number of thiazole rings is 1. The summed E-state index contributed by atoms with van der Waals surface area (Å²) in [6, 6.07) is 4.28. The van der Waals surface area contributed by atoms with Crippen molar-refractivity contribution in [3.63, 3.8) is 0 Å². The van der Waals surface area contributed by atoms with Crippen LogP contribution in [-0.2, 0) is 4.74 Å². The summed E-state index contributed by atoms with van der Waals surface area (Å²) in [6.07, 6.45) is 4.56. The van der Waals surface area contributed by atoms with Gasteiger partial charge in [0.1, 0.15) is 16.8 Å². The Hall–Kier alpha value is -1.24. The molecule has 0 radical (unpaired) electrons. The van der Waals surface area contributed by atoms with Crippen molar-refractivity contribution >= 4 is 28.6 Å². The lowest BCUT2D eigenvalue weighted by Gasteiger charge is -2.16. The Morgan fingerprint density at radius 3 is 2.95 bits per heavy atom. The summed E-state index contributed by atoms with van der Waals surface area (Å²) in [4.78, 5) is 18.2. The van der Waals surface area contributed by atoms with E-state index in [9.17, 15) is 4.79 Å². The zero-order valence-corrected chi connectivity index (χ0v) is 13.8. The first-order valence-corrected chi connectivity index (χ1v) is 9.48. The molecule has 22 heavy (non-hydrogen) atoms. The number of thiophene rings is 1. The lowest BCUT2D eigenvalue weighted by Crippen LogP contribution is -2.29. The van der Waals surface area contributed by atoms with E-state index >= 15 is 0 Å². The number of amides is 1. The van der Waals surface area contributed by atoms with Gasteiger partial charge in [-0.15, -0.1) is 22.7 Å². The van der Waals surface area contributed by atoms with E-state index in [-0.39, 0.29) is 18.1 Å². The number of rotatable bonds is 5. The van der Waals surface area contributed by atoms with Crippen molar-refractivity contribution in [1.29, 1.82) is 0 Å². The van der Waals surface area contributed by atoms with Crippen LogP contribution in [0.1, 0.15) is 58.2 Å². The fourth-order valence-corrected chi connectivity index (χ4v) is 4.60. The van der Waals surface area contributed by atoms with Gasteiger partial charge in [0, 0.05) is 16.9 Å². The van der Waals surface area contributed by atoms with Crippen molar-refractivity contribution in [2.24, 2.45) is 5.92 Å². The van der Waals surface area contributed by atoms with Gasteiger partial charge in [0.2, 0.25) is 0 Å². The number of hydrogen-bond donors (Lipinski definition) is 1. The van der Waals surface area contributed by atoms with Gasteiger partial charge in [-0.3, -0.25) is 4.79 Å². The van der Waals surface area contributed by atoms with E-state index in [0.717, 1.165) is 24.5 Å². The molecular formula is C16H18N2O2S2. The normalized spacial score (nSPS) is 22.6. The van der Waals surface area contributed by atoms with Crippen molar-refractivity contribution < 1.29 is 9.53 Å². The molecule has 6 heteroatoms. The van der Waals surface area contributed by atoms with Gasteiger partial charge < -0.3 is 10.1 Å². The number of nitrogens with one attached hydrogen (secondary N) is 1. The summed E-state index contributed by atoms with van der Waals surface area (Å²) in [5.41, 5.74) is 0.526. The van der Waals surface area contributed by atoms with E-state index in [2.05, 4.69) is 21.7 Å². The number of aromatic nitrogens is 1. The predicted octanol–water partition coefficient (Wildman–Crippen LogP) is 3.94. The molecule has 0 bridgehead atoms. The molecule has 1 aliphatic carbocycles. The molecule has 1 saturated heterocycles. The molecule has 2 aromatic rings. The molecule has 1 saturated carbocycles. The second kappa shape index (κ2) is 6.10. The number of ether oxygens (including phenoxy) is 1. The van der Waals surface area contributed by atoms with Crippen LogP contribution in [0.3, 0.4) is 0 Å². The molecule has 0 aromatic carbocycles. The van der Waals surface area contributed by atoms with Gasteiger partial charge >= 0.3 is 0 Å². The van der Waals surface area contributed by atoms with Gasteiger partial charge in [0.05, 0.1) is 6.04 Å². The van der Waals surface area contributed by atoms with Crippen LogP contribution in [0, 0.1) is 5.92 Å². The predicted molar refractivity (Wildman–Crippen MR) is 87.3 cm³/mol. The molecule has 4 rings (SSSR count). The molecule has 2 aromatic heterocycles. The second-order valence-electron chi connectivity index (χ2n) is 5.88. The second-order valence-corrected chi connectivity index (χ2v) is 7.75. The minimum Gasteiger partial charge on any atom is -0.371 e. The highest BCUT2D eigenvalue weighted by molar-refractivity contribution is 7.10. The molecule has 2 unspecified atom stereocenters. The Balaban J connectivity index is 1.47. The van der Waals surface area contributed by atoms with Gasteiger partial charge in [0.25, 0.3) is 5.91 Å². The van der Waals surface area contributed by atoms with Gasteiger partial charge in [0.15, 0.2) is 0 Å². The van der Waals surface area contributed by atoms with Crippen LogP contribution in [0.2, 0.25) is 0 Å². The Morgan fingerprint density at radius 1 is 1.36 bits per heavy atom. The van der Waals surface area contributed by atoms with E-state index < -0.39 is 0 Å². The van der Waals surface area contributed by atoms with Crippen molar-refractivity contribution in [1.82, 2.24) is 10.3 Å². The molecular weight excluding hydrogens is 316 g/mol. The zero-order valence-electron chi connectivity index (χ0n) is 12.2. The largest absolute Gasteiger partial charge is 0.371 e. The molecule has 0 spiro atoms. The molecule has 2 fully saturated rings.